The molecule has 3 heterocycles. The maximum Gasteiger partial charge on any atom is 0.426 e. The number of hydrogen-bond acceptors (Lipinski definition) is 7. The lowest BCUT2D eigenvalue weighted by Crippen LogP contribution is -2.45. The fourth-order valence-electron chi connectivity index (χ4n) is 4.45. The van der Waals surface area contributed by atoms with Crippen LogP contribution < -0.4 is 10.5 Å². The Morgan fingerprint density at radius 3 is 2.41 bits per heavy atom. The van der Waals surface area contributed by atoms with Crippen molar-refractivity contribution < 1.29 is 44.6 Å². The summed E-state index contributed by atoms with van der Waals surface area (Å²) in [6.07, 6.45) is -10.6. The molecule has 4 aromatic rings. The predicted molar refractivity (Wildman–Crippen MR) is 130 cm³/mol. The lowest BCUT2D eigenvalue weighted by atomic mass is 9.93. The van der Waals surface area contributed by atoms with Crippen molar-refractivity contribution in [3.05, 3.63) is 83.0 Å². The lowest BCUT2D eigenvalue weighted by Gasteiger charge is -2.32. The number of nitrogens with zero attached hydrogens (tertiary/aromatic N) is 3. The summed E-state index contributed by atoms with van der Waals surface area (Å²) in [5.74, 6) is -3.81. The minimum absolute atomic E-state index is 0.0783. The van der Waals surface area contributed by atoms with E-state index in [1.807, 2.05) is 0 Å². The molecule has 0 radical (unpaired) electrons. The van der Waals surface area contributed by atoms with Crippen molar-refractivity contribution in [1.82, 2.24) is 15.2 Å². The summed E-state index contributed by atoms with van der Waals surface area (Å²) < 4.78 is 117. The zero-order valence-corrected chi connectivity index (χ0v) is 21.0. The van der Waals surface area contributed by atoms with Crippen LogP contribution in [0.3, 0.4) is 0 Å². The molecule has 5 rings (SSSR count). The molecule has 0 spiro atoms. The molecular weight excluding hydrogens is 561 g/mol. The number of fused-ring (bicyclic) bond motifs is 7. The Hall–Kier alpha value is -4.20. The number of nitrogens with two attached hydrogens (primary N) is 1. The third kappa shape index (κ3) is 5.82. The highest BCUT2D eigenvalue weighted by molar-refractivity contribution is 5.68. The van der Waals surface area contributed by atoms with Crippen LogP contribution in [-0.4, -0.2) is 21.4 Å². The molecule has 1 aliphatic heterocycles. The Balaban J connectivity index is 1.67. The Labute approximate surface area is 228 Å². The van der Waals surface area contributed by atoms with Crippen LogP contribution in [0.2, 0.25) is 0 Å². The van der Waals surface area contributed by atoms with E-state index in [0.29, 0.717) is 17.2 Å². The number of alkyl halides is 6. The van der Waals surface area contributed by atoms with Crippen molar-refractivity contribution in [2.45, 2.75) is 50.2 Å². The molecule has 6 bridgehead atoms. The number of halogens is 7. The van der Waals surface area contributed by atoms with Gasteiger partial charge in [0.15, 0.2) is 5.69 Å². The van der Waals surface area contributed by atoms with Crippen LogP contribution in [0.1, 0.15) is 41.8 Å². The van der Waals surface area contributed by atoms with Gasteiger partial charge >= 0.3 is 12.4 Å². The van der Waals surface area contributed by atoms with Crippen LogP contribution in [0, 0.1) is 5.82 Å². The molecule has 2 aromatic heterocycles. The topological polar surface area (TPSA) is 96.3 Å². The number of hydrogen-bond donors (Lipinski definition) is 1. The van der Waals surface area contributed by atoms with Gasteiger partial charge in [0, 0.05) is 6.07 Å². The number of pyridine rings is 1. The summed E-state index contributed by atoms with van der Waals surface area (Å²) in [5.41, 5.74) is 0.884. The van der Waals surface area contributed by atoms with Crippen LogP contribution in [0.4, 0.5) is 36.4 Å². The number of benzene rings is 2. The van der Waals surface area contributed by atoms with Crippen LogP contribution in [0.15, 0.2) is 59.0 Å². The highest BCUT2D eigenvalue weighted by Gasteiger charge is 2.61. The highest BCUT2D eigenvalue weighted by atomic mass is 19.4. The van der Waals surface area contributed by atoms with E-state index in [9.17, 15) is 30.7 Å². The lowest BCUT2D eigenvalue weighted by molar-refractivity contribution is -0.300. The van der Waals surface area contributed by atoms with Gasteiger partial charge in [0.1, 0.15) is 17.1 Å². The molecule has 0 aliphatic carbocycles. The minimum atomic E-state index is -5.06. The maximum atomic E-state index is 14.8. The Bertz CT molecular complexity index is 1540. The van der Waals surface area contributed by atoms with Gasteiger partial charge in [-0.2, -0.15) is 26.3 Å². The zero-order chi connectivity index (χ0) is 29.4. The van der Waals surface area contributed by atoms with E-state index in [4.69, 9.17) is 19.6 Å². The van der Waals surface area contributed by atoms with Crippen LogP contribution >= 0.6 is 0 Å². The summed E-state index contributed by atoms with van der Waals surface area (Å²) >= 11 is 0. The van der Waals surface area contributed by atoms with E-state index in [0.717, 1.165) is 12.1 Å². The molecule has 2 aromatic carbocycles. The van der Waals surface area contributed by atoms with E-state index in [1.54, 1.807) is 30.3 Å². The second-order valence-electron chi connectivity index (χ2n) is 9.39. The van der Waals surface area contributed by atoms with Crippen molar-refractivity contribution in [2.24, 2.45) is 0 Å². The van der Waals surface area contributed by atoms with Crippen molar-refractivity contribution in [3.63, 3.8) is 0 Å². The van der Waals surface area contributed by atoms with Crippen molar-refractivity contribution in [2.75, 3.05) is 5.73 Å². The summed E-state index contributed by atoms with van der Waals surface area (Å²) in [7, 11) is 0. The standard InChI is InChI=1S/C27H21F7N4O3/c28-17-10-16-8-4-5-9-25(27(32,33)34,39-14-15-6-2-1-3-7-15)24-38-37-23(41-24)21-20(35)13-19(26(29,30)31)22(36-21)40-18(11-16)12-17/h1-3,6-7,10-13H,4-5,8-9,14,35H2. The molecule has 7 nitrogen and oxygen atoms in total. The molecule has 1 unspecified atom stereocenters. The van der Waals surface area contributed by atoms with Gasteiger partial charge in [0.2, 0.25) is 11.5 Å². The summed E-state index contributed by atoms with van der Waals surface area (Å²) in [5, 5.41) is 7.21. The first-order valence-corrected chi connectivity index (χ1v) is 12.3. The molecular formula is C27H21F7N4O3. The van der Waals surface area contributed by atoms with E-state index < -0.39 is 71.4 Å². The van der Waals surface area contributed by atoms with Crippen LogP contribution in [0.25, 0.3) is 11.6 Å². The molecule has 2 N–H and O–H groups in total. The number of aromatic nitrogens is 3. The average Bonchev–Trinajstić information content (AvgIpc) is 3.38. The number of rotatable bonds is 3. The highest BCUT2D eigenvalue weighted by Crippen LogP contribution is 2.47. The van der Waals surface area contributed by atoms with Gasteiger partial charge < -0.3 is 19.6 Å². The van der Waals surface area contributed by atoms with Gasteiger partial charge in [-0.1, -0.05) is 30.3 Å². The van der Waals surface area contributed by atoms with Gasteiger partial charge in [-0.15, -0.1) is 10.2 Å². The summed E-state index contributed by atoms with van der Waals surface area (Å²) in [6, 6.07) is 11.8. The normalized spacial score (nSPS) is 17.8. The summed E-state index contributed by atoms with van der Waals surface area (Å²) in [6.45, 7) is -0.468. The zero-order valence-electron chi connectivity index (χ0n) is 21.0. The second-order valence-corrected chi connectivity index (χ2v) is 9.39. The maximum absolute atomic E-state index is 14.8. The third-order valence-corrected chi connectivity index (χ3v) is 6.47. The van der Waals surface area contributed by atoms with Crippen LogP contribution in [-0.2, 0) is 29.5 Å². The summed E-state index contributed by atoms with van der Waals surface area (Å²) in [4.78, 5) is 3.77. The molecule has 0 amide bonds. The predicted octanol–water partition coefficient (Wildman–Crippen LogP) is 7.36. The first-order chi connectivity index (χ1) is 19.4. The van der Waals surface area contributed by atoms with Gasteiger partial charge in [0.05, 0.1) is 12.3 Å². The molecule has 0 fully saturated rings. The Morgan fingerprint density at radius 1 is 0.951 bits per heavy atom. The minimum Gasteiger partial charge on any atom is -0.438 e. The number of nitrogen functional groups attached to an aromatic ring is 1. The van der Waals surface area contributed by atoms with Gasteiger partial charge in [-0.05, 0) is 55.0 Å². The van der Waals surface area contributed by atoms with E-state index in [1.165, 1.54) is 6.07 Å². The van der Waals surface area contributed by atoms with Crippen molar-refractivity contribution >= 4 is 5.69 Å². The van der Waals surface area contributed by atoms with Crippen molar-refractivity contribution in [3.8, 4) is 23.2 Å². The van der Waals surface area contributed by atoms with E-state index in [2.05, 4.69) is 15.2 Å². The fraction of sp³-hybridized carbons (Fsp3) is 0.296. The van der Waals surface area contributed by atoms with E-state index in [-0.39, 0.29) is 25.0 Å². The van der Waals surface area contributed by atoms with Crippen molar-refractivity contribution in [1.29, 1.82) is 0 Å². The van der Waals surface area contributed by atoms with Gasteiger partial charge in [0.25, 0.3) is 11.8 Å². The quantitative estimate of drug-likeness (QED) is 0.252. The first-order valence-electron chi connectivity index (χ1n) is 12.3. The monoisotopic (exact) mass is 582 g/mol. The van der Waals surface area contributed by atoms with Crippen LogP contribution in [0.5, 0.6) is 11.6 Å². The number of anilines is 1. The Morgan fingerprint density at radius 2 is 1.71 bits per heavy atom. The molecule has 1 atom stereocenters. The molecule has 0 saturated heterocycles. The van der Waals surface area contributed by atoms with E-state index >= 15 is 0 Å². The largest absolute Gasteiger partial charge is 0.438 e. The fourth-order valence-corrected chi connectivity index (χ4v) is 4.45. The molecule has 216 valence electrons. The SMILES string of the molecule is Nc1cc(C(F)(F)F)c2nc1-c1nnc(o1)C(OCc1ccccc1)(C(F)(F)F)CCCCc1cc(F)cc(c1)O2. The van der Waals surface area contributed by atoms with Gasteiger partial charge in [-0.25, -0.2) is 9.37 Å². The Kier molecular flexibility index (Phi) is 7.36. The van der Waals surface area contributed by atoms with Gasteiger partial charge in [-0.3, -0.25) is 0 Å². The molecule has 1 aliphatic rings. The second kappa shape index (κ2) is 10.7. The first kappa shape index (κ1) is 28.3. The number of ether oxygens (including phenoxy) is 2. The average molecular weight is 582 g/mol. The molecule has 14 heteroatoms. The third-order valence-electron chi connectivity index (χ3n) is 6.47. The smallest absolute Gasteiger partial charge is 0.426 e. The number of aryl methyl sites for hydroxylation is 1. The molecule has 41 heavy (non-hydrogen) atoms. The molecule has 0 saturated carbocycles.